The molecule has 0 amide bonds. The quantitative estimate of drug-likeness (QED) is 0.496. The summed E-state index contributed by atoms with van der Waals surface area (Å²) >= 11 is 1.69. The van der Waals surface area contributed by atoms with Crippen LogP contribution in [0.25, 0.3) is 0 Å². The van der Waals surface area contributed by atoms with Crippen molar-refractivity contribution in [1.82, 2.24) is 0 Å². The Hall–Kier alpha value is 0.293. The summed E-state index contributed by atoms with van der Waals surface area (Å²) in [6.07, 6.45) is 19.4. The van der Waals surface area contributed by atoms with Gasteiger partial charge in [0.2, 0.25) is 0 Å². The molecular formula is C18H23Cl2Zr-. The SMILES string of the molecule is CC1=[C-]CC(C2=CC=CC2)=C1C.[Cl-].[Cl-].[Zr+2]=[C]1CCCCC1. The van der Waals surface area contributed by atoms with Crippen LogP contribution in [0.15, 0.2) is 40.5 Å². The Morgan fingerprint density at radius 3 is 2.10 bits per heavy atom. The van der Waals surface area contributed by atoms with Crippen molar-refractivity contribution in [2.45, 2.75) is 58.8 Å². The zero-order valence-corrected chi connectivity index (χ0v) is 16.9. The Bertz CT molecular complexity index is 473. The van der Waals surface area contributed by atoms with Crippen molar-refractivity contribution in [3.63, 3.8) is 0 Å². The van der Waals surface area contributed by atoms with E-state index in [0.29, 0.717) is 0 Å². The van der Waals surface area contributed by atoms with Crippen LogP contribution in [-0.2, 0) is 24.2 Å². The molecule has 3 aliphatic carbocycles. The summed E-state index contributed by atoms with van der Waals surface area (Å²) in [5.41, 5.74) is 5.75. The van der Waals surface area contributed by atoms with Gasteiger partial charge in [0.15, 0.2) is 0 Å². The van der Waals surface area contributed by atoms with Crippen molar-refractivity contribution in [3.05, 3.63) is 46.6 Å². The Kier molecular flexibility index (Phi) is 11.1. The average Bonchev–Trinajstić information content (AvgIpc) is 3.03. The molecule has 1 fully saturated rings. The van der Waals surface area contributed by atoms with Crippen LogP contribution in [0.2, 0.25) is 0 Å². The van der Waals surface area contributed by atoms with Crippen LogP contribution in [0.3, 0.4) is 0 Å². The predicted octanol–water partition coefficient (Wildman–Crippen LogP) is -0.980. The molecule has 0 bridgehead atoms. The molecule has 0 aromatic rings. The maximum atomic E-state index is 3.37. The van der Waals surface area contributed by atoms with Gasteiger partial charge in [-0.3, -0.25) is 6.08 Å². The minimum atomic E-state index is 0. The van der Waals surface area contributed by atoms with Gasteiger partial charge >= 0.3 is 59.5 Å². The van der Waals surface area contributed by atoms with E-state index in [1.54, 1.807) is 27.4 Å². The Morgan fingerprint density at radius 1 is 1.05 bits per heavy atom. The molecule has 0 saturated heterocycles. The first-order valence-corrected chi connectivity index (χ1v) is 8.61. The summed E-state index contributed by atoms with van der Waals surface area (Å²) in [7, 11) is 0. The minimum absolute atomic E-state index is 0. The summed E-state index contributed by atoms with van der Waals surface area (Å²) in [5.74, 6) is 0. The van der Waals surface area contributed by atoms with Gasteiger partial charge in [0, 0.05) is 0 Å². The van der Waals surface area contributed by atoms with E-state index in [2.05, 4.69) is 38.2 Å². The zero-order chi connectivity index (χ0) is 13.7. The summed E-state index contributed by atoms with van der Waals surface area (Å²) in [6, 6.07) is 0. The molecule has 0 heterocycles. The molecule has 21 heavy (non-hydrogen) atoms. The first-order valence-electron chi connectivity index (χ1n) is 7.38. The number of rotatable bonds is 1. The van der Waals surface area contributed by atoms with E-state index in [4.69, 9.17) is 0 Å². The molecule has 1 saturated carbocycles. The van der Waals surface area contributed by atoms with Gasteiger partial charge in [0.05, 0.1) is 0 Å². The van der Waals surface area contributed by atoms with E-state index in [1.807, 2.05) is 0 Å². The van der Waals surface area contributed by atoms with Crippen molar-refractivity contribution < 1.29 is 49.0 Å². The summed E-state index contributed by atoms with van der Waals surface area (Å²) in [4.78, 5) is 0. The number of hydrogen-bond acceptors (Lipinski definition) is 0. The fourth-order valence-electron chi connectivity index (χ4n) is 2.72. The third-order valence-electron chi connectivity index (χ3n) is 4.16. The number of hydrogen-bond donors (Lipinski definition) is 0. The van der Waals surface area contributed by atoms with Gasteiger partial charge in [0.1, 0.15) is 0 Å². The summed E-state index contributed by atoms with van der Waals surface area (Å²) in [6.45, 7) is 4.34. The van der Waals surface area contributed by atoms with Crippen molar-refractivity contribution in [3.8, 4) is 0 Å². The fourth-order valence-corrected chi connectivity index (χ4v) is 3.59. The molecule has 0 atom stereocenters. The van der Waals surface area contributed by atoms with E-state index < -0.39 is 0 Å². The van der Waals surface area contributed by atoms with Gasteiger partial charge in [-0.05, 0) is 6.42 Å². The fraction of sp³-hybridized carbons (Fsp3) is 0.500. The molecule has 0 unspecified atom stereocenters. The molecule has 114 valence electrons. The molecule has 0 radical (unpaired) electrons. The second-order valence-corrected chi connectivity index (χ2v) is 7.31. The predicted molar refractivity (Wildman–Crippen MR) is 79.7 cm³/mol. The molecule has 3 rings (SSSR count). The first kappa shape index (κ1) is 21.3. The van der Waals surface area contributed by atoms with Gasteiger partial charge in [-0.2, -0.15) is 5.57 Å². The Balaban J connectivity index is 0.000000389. The molecular weight excluding hydrogens is 378 g/mol. The van der Waals surface area contributed by atoms with Crippen LogP contribution < -0.4 is 24.8 Å². The summed E-state index contributed by atoms with van der Waals surface area (Å²) in [5, 5.41) is 0. The molecule has 0 nitrogen and oxygen atoms in total. The molecule has 0 spiro atoms. The maximum absolute atomic E-state index is 3.37. The summed E-state index contributed by atoms with van der Waals surface area (Å²) < 4.78 is 1.80. The molecule has 0 aromatic heterocycles. The van der Waals surface area contributed by atoms with Gasteiger partial charge in [0.25, 0.3) is 0 Å². The third-order valence-corrected chi connectivity index (χ3v) is 5.39. The second-order valence-electron chi connectivity index (χ2n) is 5.57. The standard InChI is InChI=1S/C12H13.C6H10.2ClH.Zr/c1-9-7-8-12(10(9)2)11-5-3-4-6-11;1-2-4-6-5-3-1;;;/h3-5H,6,8H2,1-2H3;1-5H2;2*1H;/q-1;;;;+2/p-2. The average molecular weight is 402 g/mol. The molecule has 0 aliphatic heterocycles. The Labute approximate surface area is 157 Å². The van der Waals surface area contributed by atoms with Gasteiger partial charge in [-0.25, -0.2) is 5.57 Å². The van der Waals surface area contributed by atoms with E-state index in [0.717, 1.165) is 12.8 Å². The topological polar surface area (TPSA) is 0 Å². The van der Waals surface area contributed by atoms with E-state index in [9.17, 15) is 0 Å². The first-order chi connectivity index (χ1) is 9.18. The van der Waals surface area contributed by atoms with Crippen LogP contribution in [0.4, 0.5) is 0 Å². The van der Waals surface area contributed by atoms with Gasteiger partial charge in [-0.1, -0.05) is 30.7 Å². The third kappa shape index (κ3) is 6.51. The van der Waals surface area contributed by atoms with Gasteiger partial charge < -0.3 is 24.8 Å². The molecule has 0 N–H and O–H groups in total. The molecule has 3 heteroatoms. The van der Waals surface area contributed by atoms with Crippen molar-refractivity contribution in [2.75, 3.05) is 0 Å². The van der Waals surface area contributed by atoms with E-state index >= 15 is 0 Å². The monoisotopic (exact) mass is 399 g/mol. The van der Waals surface area contributed by atoms with Crippen LogP contribution in [0.5, 0.6) is 0 Å². The molecule has 0 aromatic carbocycles. The van der Waals surface area contributed by atoms with Crippen molar-refractivity contribution in [2.24, 2.45) is 0 Å². The number of allylic oxidation sites excluding steroid dienone is 8. The Morgan fingerprint density at radius 2 is 1.71 bits per heavy atom. The van der Waals surface area contributed by atoms with Crippen molar-refractivity contribution in [1.29, 1.82) is 0 Å². The van der Waals surface area contributed by atoms with E-state index in [-0.39, 0.29) is 24.8 Å². The van der Waals surface area contributed by atoms with Gasteiger partial charge in [-0.15, -0.1) is 18.9 Å². The van der Waals surface area contributed by atoms with Crippen LogP contribution in [0.1, 0.15) is 58.8 Å². The van der Waals surface area contributed by atoms with E-state index in [1.165, 1.54) is 54.4 Å². The van der Waals surface area contributed by atoms with Crippen LogP contribution in [-0.4, -0.2) is 3.21 Å². The van der Waals surface area contributed by atoms with Crippen LogP contribution in [0, 0.1) is 6.08 Å². The van der Waals surface area contributed by atoms with Crippen molar-refractivity contribution >= 4 is 3.21 Å². The normalized spacial score (nSPS) is 20.1. The second kappa shape index (κ2) is 10.9. The van der Waals surface area contributed by atoms with Crippen LogP contribution >= 0.6 is 0 Å². The number of halogens is 2. The molecule has 3 aliphatic rings. The zero-order valence-electron chi connectivity index (χ0n) is 12.9.